The van der Waals surface area contributed by atoms with Crippen molar-refractivity contribution in [2.45, 2.75) is 39.3 Å². The molecule has 10 heteroatoms. The largest absolute Gasteiger partial charge is 0.496 e. The number of rotatable bonds is 10. The molecule has 0 radical (unpaired) electrons. The van der Waals surface area contributed by atoms with Crippen LogP contribution in [0, 0.1) is 11.3 Å². The summed E-state index contributed by atoms with van der Waals surface area (Å²) in [7, 11) is 1.57. The van der Waals surface area contributed by atoms with E-state index in [4.69, 9.17) is 24.5 Å². The number of benzene rings is 3. The fraction of sp³-hybridized carbons (Fsp3) is 0.235. The van der Waals surface area contributed by atoms with E-state index in [0.29, 0.717) is 56.3 Å². The van der Waals surface area contributed by atoms with Crippen LogP contribution in [0.1, 0.15) is 55.0 Å². The second-order valence-electron chi connectivity index (χ2n) is 9.94. The predicted octanol–water partition coefficient (Wildman–Crippen LogP) is 5.80. The SMILES string of the molecule is CCCC1=C(C(=O)OCC)[C@@H](c2ccccc2OC)n2c(s/c(=C\c3ccc(OCc4ccc(C#N)cc4)c(Br)c3)c2=O)=N1. The molecule has 1 aliphatic rings. The Morgan fingerprint density at radius 1 is 1.11 bits per heavy atom. The lowest BCUT2D eigenvalue weighted by molar-refractivity contribution is -0.139. The molecule has 3 aromatic carbocycles. The first kappa shape index (κ1) is 31.0. The molecule has 0 saturated carbocycles. The predicted molar refractivity (Wildman–Crippen MR) is 172 cm³/mol. The van der Waals surface area contributed by atoms with Crippen LogP contribution in [0.4, 0.5) is 0 Å². The van der Waals surface area contributed by atoms with Gasteiger partial charge in [-0.1, -0.05) is 61.1 Å². The number of carbonyl (C=O) groups excluding carboxylic acids is 1. The Morgan fingerprint density at radius 2 is 1.89 bits per heavy atom. The number of aromatic nitrogens is 1. The summed E-state index contributed by atoms with van der Waals surface area (Å²) < 4.78 is 19.9. The number of halogens is 1. The van der Waals surface area contributed by atoms with Crippen molar-refractivity contribution in [2.75, 3.05) is 13.7 Å². The van der Waals surface area contributed by atoms with Gasteiger partial charge in [-0.15, -0.1) is 0 Å². The van der Waals surface area contributed by atoms with Gasteiger partial charge in [-0.05, 0) is 76.8 Å². The smallest absolute Gasteiger partial charge is 0.338 e. The highest BCUT2D eigenvalue weighted by Crippen LogP contribution is 2.37. The van der Waals surface area contributed by atoms with E-state index in [-0.39, 0.29) is 12.2 Å². The maximum Gasteiger partial charge on any atom is 0.338 e. The molecule has 0 N–H and O–H groups in total. The average molecular weight is 673 g/mol. The number of nitrogens with zero attached hydrogens (tertiary/aromatic N) is 3. The second-order valence-corrected chi connectivity index (χ2v) is 11.8. The minimum Gasteiger partial charge on any atom is -0.496 e. The van der Waals surface area contributed by atoms with Gasteiger partial charge in [0, 0.05) is 5.56 Å². The summed E-state index contributed by atoms with van der Waals surface area (Å²) in [5.41, 5.74) is 3.71. The monoisotopic (exact) mass is 671 g/mol. The molecule has 0 bridgehead atoms. The number of fused-ring (bicyclic) bond motifs is 1. The Labute approximate surface area is 267 Å². The maximum absolute atomic E-state index is 14.1. The van der Waals surface area contributed by atoms with Crippen molar-refractivity contribution in [1.29, 1.82) is 5.26 Å². The first-order chi connectivity index (χ1) is 21.4. The van der Waals surface area contributed by atoms with Crippen molar-refractivity contribution in [2.24, 2.45) is 4.99 Å². The van der Waals surface area contributed by atoms with Gasteiger partial charge in [0.25, 0.3) is 5.56 Å². The number of hydrogen-bond donors (Lipinski definition) is 0. The molecule has 44 heavy (non-hydrogen) atoms. The summed E-state index contributed by atoms with van der Waals surface area (Å²) in [4.78, 5) is 32.8. The zero-order valence-electron chi connectivity index (χ0n) is 24.5. The van der Waals surface area contributed by atoms with Crippen molar-refractivity contribution in [3.8, 4) is 17.6 Å². The van der Waals surface area contributed by atoms with Crippen LogP contribution in [-0.4, -0.2) is 24.3 Å². The van der Waals surface area contributed by atoms with Crippen LogP contribution in [0.25, 0.3) is 6.08 Å². The fourth-order valence-corrected chi connectivity index (χ4v) is 6.55. The third-order valence-corrected chi connectivity index (χ3v) is 8.66. The van der Waals surface area contributed by atoms with Gasteiger partial charge in [0.1, 0.15) is 24.1 Å². The minimum atomic E-state index is -0.755. The van der Waals surface area contributed by atoms with Crippen LogP contribution in [0.15, 0.2) is 92.3 Å². The van der Waals surface area contributed by atoms with Gasteiger partial charge < -0.3 is 14.2 Å². The zero-order chi connectivity index (χ0) is 31.2. The molecular weight excluding hydrogens is 642 g/mol. The summed E-state index contributed by atoms with van der Waals surface area (Å²) >= 11 is 4.87. The van der Waals surface area contributed by atoms with Crippen molar-refractivity contribution >= 4 is 39.3 Å². The number of carbonyl (C=O) groups is 1. The molecule has 0 unspecified atom stereocenters. The lowest BCUT2D eigenvalue weighted by Gasteiger charge is -2.26. The van der Waals surface area contributed by atoms with E-state index in [1.54, 1.807) is 30.7 Å². The van der Waals surface area contributed by atoms with Gasteiger partial charge in [-0.3, -0.25) is 9.36 Å². The zero-order valence-corrected chi connectivity index (χ0v) is 26.9. The van der Waals surface area contributed by atoms with Crippen LogP contribution in [0.5, 0.6) is 11.5 Å². The first-order valence-electron chi connectivity index (χ1n) is 14.1. The third kappa shape index (κ3) is 6.39. The lowest BCUT2D eigenvalue weighted by Crippen LogP contribution is -2.40. The van der Waals surface area contributed by atoms with Gasteiger partial charge in [0.2, 0.25) is 0 Å². The lowest BCUT2D eigenvalue weighted by atomic mass is 9.93. The number of nitriles is 1. The summed E-state index contributed by atoms with van der Waals surface area (Å²) in [6, 6.07) is 21.6. The van der Waals surface area contributed by atoms with Gasteiger partial charge >= 0.3 is 5.97 Å². The molecule has 2 heterocycles. The summed E-state index contributed by atoms with van der Waals surface area (Å²) in [6.45, 7) is 4.32. The maximum atomic E-state index is 14.1. The quantitative estimate of drug-likeness (QED) is 0.198. The highest BCUT2D eigenvalue weighted by atomic mass is 79.9. The number of methoxy groups -OCH3 is 1. The number of thiazole rings is 1. The number of esters is 1. The highest BCUT2D eigenvalue weighted by molar-refractivity contribution is 9.10. The second kappa shape index (κ2) is 13.9. The van der Waals surface area contributed by atoms with E-state index in [1.807, 2.05) is 67.6 Å². The topological polar surface area (TPSA) is 103 Å². The molecule has 0 saturated heterocycles. The van der Waals surface area contributed by atoms with Crippen molar-refractivity contribution < 1.29 is 19.0 Å². The molecule has 0 aliphatic carbocycles. The number of ether oxygens (including phenoxy) is 3. The minimum absolute atomic E-state index is 0.201. The number of allylic oxidation sites excluding steroid dienone is 1. The molecule has 0 fully saturated rings. The summed E-state index contributed by atoms with van der Waals surface area (Å²) in [5.74, 6) is 0.713. The van der Waals surface area contributed by atoms with Crippen LogP contribution in [0.3, 0.4) is 0 Å². The van der Waals surface area contributed by atoms with E-state index in [2.05, 4.69) is 22.0 Å². The fourth-order valence-electron chi connectivity index (χ4n) is 5.02. The molecule has 0 amide bonds. The van der Waals surface area contributed by atoms with Gasteiger partial charge in [-0.2, -0.15) is 5.26 Å². The van der Waals surface area contributed by atoms with Crippen LogP contribution in [-0.2, 0) is 16.1 Å². The van der Waals surface area contributed by atoms with E-state index in [0.717, 1.165) is 22.0 Å². The standard InChI is InChI=1S/C34H30BrN3O5S/c1-4-8-26-30(33(40)42-5-2)31(24-9-6-7-10-27(24)41-3)38-32(39)29(44-34(38)37-26)18-23-15-16-28(25(35)17-23)43-20-22-13-11-21(19-36)12-14-22/h6-7,9-18,31H,4-5,8,20H2,1-3H3/b29-18-/t31-/m1/s1. The van der Waals surface area contributed by atoms with Crippen molar-refractivity contribution in [3.05, 3.63) is 124 Å². The summed E-state index contributed by atoms with van der Waals surface area (Å²) in [6.07, 6.45) is 3.14. The number of hydrogen-bond acceptors (Lipinski definition) is 8. The van der Waals surface area contributed by atoms with Crippen molar-refractivity contribution in [1.82, 2.24) is 4.57 Å². The Kier molecular flexibility index (Phi) is 9.78. The van der Waals surface area contributed by atoms with Gasteiger partial charge in [0.05, 0.1) is 45.6 Å². The highest BCUT2D eigenvalue weighted by Gasteiger charge is 2.35. The molecule has 8 nitrogen and oxygen atoms in total. The Hall–Kier alpha value is -4.46. The van der Waals surface area contributed by atoms with Crippen LogP contribution < -0.4 is 24.4 Å². The summed E-state index contributed by atoms with van der Waals surface area (Å²) in [5, 5.41) is 9.00. The molecule has 5 rings (SSSR count). The van der Waals surface area contributed by atoms with Crippen LogP contribution in [0.2, 0.25) is 0 Å². The molecule has 1 atom stereocenters. The molecule has 1 aliphatic heterocycles. The van der Waals surface area contributed by atoms with E-state index >= 15 is 0 Å². The molecule has 1 aromatic heterocycles. The van der Waals surface area contributed by atoms with E-state index < -0.39 is 12.0 Å². The molecule has 0 spiro atoms. The Balaban J connectivity index is 1.56. The van der Waals surface area contributed by atoms with E-state index in [9.17, 15) is 9.59 Å². The number of para-hydroxylation sites is 1. The van der Waals surface area contributed by atoms with Gasteiger partial charge in [0.15, 0.2) is 4.80 Å². The Morgan fingerprint density at radius 3 is 2.57 bits per heavy atom. The third-order valence-electron chi connectivity index (χ3n) is 7.06. The molecular formula is C34H30BrN3O5S. The molecule has 224 valence electrons. The van der Waals surface area contributed by atoms with E-state index in [1.165, 1.54) is 11.3 Å². The van der Waals surface area contributed by atoms with Crippen molar-refractivity contribution in [3.63, 3.8) is 0 Å². The van der Waals surface area contributed by atoms with Gasteiger partial charge in [-0.25, -0.2) is 9.79 Å². The Bertz CT molecular complexity index is 1950. The average Bonchev–Trinajstić information content (AvgIpc) is 3.34. The first-order valence-corrected chi connectivity index (χ1v) is 15.8. The molecule has 4 aromatic rings. The normalized spacial score (nSPS) is 14.4. The van der Waals surface area contributed by atoms with Crippen LogP contribution >= 0.6 is 27.3 Å².